The van der Waals surface area contributed by atoms with Crippen LogP contribution in [0.4, 0.5) is 11.4 Å². The summed E-state index contributed by atoms with van der Waals surface area (Å²) in [6, 6.07) is 14.3. The molecule has 0 bridgehead atoms. The van der Waals surface area contributed by atoms with Gasteiger partial charge in [0.1, 0.15) is 5.75 Å². The lowest BCUT2D eigenvalue weighted by Gasteiger charge is -2.36. The maximum Gasteiger partial charge on any atom is 0.236 e. The van der Waals surface area contributed by atoms with Crippen molar-refractivity contribution in [1.82, 2.24) is 20.0 Å². The van der Waals surface area contributed by atoms with Crippen molar-refractivity contribution in [2.24, 2.45) is 5.92 Å². The Morgan fingerprint density at radius 2 is 1.79 bits per heavy atom. The van der Waals surface area contributed by atoms with Crippen molar-refractivity contribution in [3.05, 3.63) is 60.3 Å². The zero-order valence-corrected chi connectivity index (χ0v) is 21.4. The van der Waals surface area contributed by atoms with Gasteiger partial charge in [0.25, 0.3) is 0 Å². The van der Waals surface area contributed by atoms with Crippen LogP contribution in [0, 0.1) is 5.92 Å². The summed E-state index contributed by atoms with van der Waals surface area (Å²) < 4.78 is 0. The van der Waals surface area contributed by atoms with E-state index in [9.17, 15) is 19.5 Å². The summed E-state index contributed by atoms with van der Waals surface area (Å²) in [6.45, 7) is 5.85. The molecule has 3 N–H and O–H groups in total. The van der Waals surface area contributed by atoms with Gasteiger partial charge in [0.15, 0.2) is 5.78 Å². The van der Waals surface area contributed by atoms with Crippen LogP contribution in [-0.4, -0.2) is 88.5 Å². The number of likely N-dealkylation sites (tertiary alicyclic amines) is 1. The van der Waals surface area contributed by atoms with Crippen molar-refractivity contribution < 1.29 is 19.5 Å². The van der Waals surface area contributed by atoms with Crippen LogP contribution in [0.25, 0.3) is 11.3 Å². The van der Waals surface area contributed by atoms with Crippen molar-refractivity contribution in [3.63, 3.8) is 0 Å². The Bertz CT molecular complexity index is 1300. The molecule has 1 atom stereocenters. The standard InChI is InChI=1S/C28H32N6O4/c1-19(35)20-2-5-23(6-3-20)33-12-14-34(15-13-33)27(37)18-32-11-9-21(17-32)28(38)30-22-4-7-26(36)24(16-22)25-8-10-29-31-25/h2-8,10,16,21,36H,9,11-15,17-18H2,1H3,(H,29,31)(H,30,38)/t21-/m1/s1. The number of aromatic amines is 1. The molecule has 3 heterocycles. The van der Waals surface area contributed by atoms with Crippen LogP contribution in [0.1, 0.15) is 23.7 Å². The number of phenols is 1. The van der Waals surface area contributed by atoms with Gasteiger partial charge < -0.3 is 20.2 Å². The molecule has 5 rings (SSSR count). The molecule has 1 aromatic heterocycles. The van der Waals surface area contributed by atoms with Gasteiger partial charge in [-0.25, -0.2) is 0 Å². The number of hydrogen-bond donors (Lipinski definition) is 3. The molecule has 0 aliphatic carbocycles. The number of rotatable bonds is 7. The second-order valence-electron chi connectivity index (χ2n) is 9.87. The highest BCUT2D eigenvalue weighted by molar-refractivity contribution is 5.94. The number of phenolic OH excluding ortho intramolecular Hbond substituents is 1. The van der Waals surface area contributed by atoms with E-state index >= 15 is 0 Å². The zero-order chi connectivity index (χ0) is 26.6. The van der Waals surface area contributed by atoms with Gasteiger partial charge in [-0.3, -0.25) is 24.4 Å². The van der Waals surface area contributed by atoms with E-state index in [1.54, 1.807) is 37.4 Å². The zero-order valence-electron chi connectivity index (χ0n) is 21.4. The van der Waals surface area contributed by atoms with Crippen LogP contribution >= 0.6 is 0 Å². The van der Waals surface area contributed by atoms with Crippen molar-refractivity contribution in [2.75, 3.05) is 56.0 Å². The van der Waals surface area contributed by atoms with Crippen molar-refractivity contribution >= 4 is 29.0 Å². The lowest BCUT2D eigenvalue weighted by molar-refractivity contribution is -0.132. The number of nitrogens with zero attached hydrogens (tertiary/aromatic N) is 4. The molecule has 10 heteroatoms. The number of piperazine rings is 1. The van der Waals surface area contributed by atoms with Gasteiger partial charge in [-0.05, 0) is 68.4 Å². The van der Waals surface area contributed by atoms with Gasteiger partial charge >= 0.3 is 0 Å². The Balaban J connectivity index is 1.09. The number of hydrogen-bond acceptors (Lipinski definition) is 7. The van der Waals surface area contributed by atoms with Gasteiger partial charge in [0.2, 0.25) is 11.8 Å². The molecular weight excluding hydrogens is 484 g/mol. The van der Waals surface area contributed by atoms with E-state index < -0.39 is 0 Å². The Morgan fingerprint density at radius 3 is 2.47 bits per heavy atom. The third-order valence-electron chi connectivity index (χ3n) is 7.31. The first kappa shape index (κ1) is 25.5. The number of anilines is 2. The summed E-state index contributed by atoms with van der Waals surface area (Å²) in [4.78, 5) is 43.5. The Hall–Kier alpha value is -4.18. The van der Waals surface area contributed by atoms with E-state index in [-0.39, 0.29) is 29.3 Å². The van der Waals surface area contributed by atoms with Crippen molar-refractivity contribution in [1.29, 1.82) is 0 Å². The summed E-state index contributed by atoms with van der Waals surface area (Å²) in [5, 5.41) is 19.9. The number of carbonyl (C=O) groups is 3. The topological polar surface area (TPSA) is 122 Å². The fraction of sp³-hybridized carbons (Fsp3) is 0.357. The monoisotopic (exact) mass is 516 g/mol. The number of ketones is 1. The molecule has 2 saturated heterocycles. The maximum atomic E-state index is 13.0. The second kappa shape index (κ2) is 11.1. The Morgan fingerprint density at radius 1 is 1.03 bits per heavy atom. The summed E-state index contributed by atoms with van der Waals surface area (Å²) in [6.07, 6.45) is 2.36. The predicted octanol–water partition coefficient (Wildman–Crippen LogP) is 2.59. The molecular formula is C28H32N6O4. The maximum absolute atomic E-state index is 13.0. The first-order valence-corrected chi connectivity index (χ1v) is 12.9. The molecule has 3 aromatic rings. The Labute approximate surface area is 221 Å². The third-order valence-corrected chi connectivity index (χ3v) is 7.31. The summed E-state index contributed by atoms with van der Waals surface area (Å²) in [7, 11) is 0. The molecule has 38 heavy (non-hydrogen) atoms. The van der Waals surface area contributed by atoms with E-state index in [1.165, 1.54) is 0 Å². The molecule has 10 nitrogen and oxygen atoms in total. The number of H-pyrrole nitrogens is 1. The number of nitrogens with one attached hydrogen (secondary N) is 2. The SMILES string of the molecule is CC(=O)c1ccc(N2CCN(C(=O)CN3CC[C@@H](C(=O)Nc4ccc(O)c(-c5cc[nH]n5)c4)C3)CC2)cc1. The van der Waals surface area contributed by atoms with Crippen LogP contribution in [0.2, 0.25) is 0 Å². The minimum atomic E-state index is -0.208. The number of Topliss-reactive ketones (excluding diaryl/α,β-unsaturated/α-hetero) is 1. The van der Waals surface area contributed by atoms with Crippen LogP contribution in [-0.2, 0) is 9.59 Å². The smallest absolute Gasteiger partial charge is 0.236 e. The molecule has 0 spiro atoms. The molecule has 2 aliphatic heterocycles. The van der Waals surface area contributed by atoms with E-state index in [2.05, 4.69) is 20.4 Å². The molecule has 2 aromatic carbocycles. The van der Waals surface area contributed by atoms with Crippen LogP contribution in [0.15, 0.2) is 54.7 Å². The Kier molecular flexibility index (Phi) is 7.41. The highest BCUT2D eigenvalue weighted by Gasteiger charge is 2.31. The summed E-state index contributed by atoms with van der Waals surface area (Å²) >= 11 is 0. The first-order chi connectivity index (χ1) is 18.4. The number of aromatic hydroxyl groups is 1. The number of benzene rings is 2. The minimum Gasteiger partial charge on any atom is -0.507 e. The fourth-order valence-electron chi connectivity index (χ4n) is 5.08. The van der Waals surface area contributed by atoms with Crippen molar-refractivity contribution in [2.45, 2.75) is 13.3 Å². The van der Waals surface area contributed by atoms with Gasteiger partial charge in [0.05, 0.1) is 18.2 Å². The van der Waals surface area contributed by atoms with Crippen LogP contribution < -0.4 is 10.2 Å². The van der Waals surface area contributed by atoms with Gasteiger partial charge in [-0.15, -0.1) is 0 Å². The highest BCUT2D eigenvalue weighted by Crippen LogP contribution is 2.31. The highest BCUT2D eigenvalue weighted by atomic mass is 16.3. The fourth-order valence-corrected chi connectivity index (χ4v) is 5.08. The molecule has 0 unspecified atom stereocenters. The van der Waals surface area contributed by atoms with Crippen molar-refractivity contribution in [3.8, 4) is 17.0 Å². The second-order valence-corrected chi connectivity index (χ2v) is 9.87. The molecule has 2 fully saturated rings. The quantitative estimate of drug-likeness (QED) is 0.326. The average Bonchev–Trinajstić information content (AvgIpc) is 3.63. The molecule has 0 radical (unpaired) electrons. The average molecular weight is 517 g/mol. The summed E-state index contributed by atoms with van der Waals surface area (Å²) in [5.74, 6) is -0.0799. The molecule has 0 saturated carbocycles. The molecule has 2 amide bonds. The normalized spacial score (nSPS) is 18.0. The predicted molar refractivity (Wildman–Crippen MR) is 144 cm³/mol. The van der Waals surface area contributed by atoms with Crippen LogP contribution in [0.3, 0.4) is 0 Å². The van der Waals surface area contributed by atoms with E-state index in [1.807, 2.05) is 34.1 Å². The van der Waals surface area contributed by atoms with Crippen LogP contribution in [0.5, 0.6) is 5.75 Å². The summed E-state index contributed by atoms with van der Waals surface area (Å²) in [5.41, 5.74) is 3.48. The lowest BCUT2D eigenvalue weighted by atomic mass is 10.1. The largest absolute Gasteiger partial charge is 0.507 e. The first-order valence-electron chi connectivity index (χ1n) is 12.9. The van der Waals surface area contributed by atoms with Gasteiger partial charge in [-0.1, -0.05) is 0 Å². The number of aromatic nitrogens is 2. The molecule has 198 valence electrons. The third kappa shape index (κ3) is 5.70. The van der Waals surface area contributed by atoms with Gasteiger partial charge in [0, 0.05) is 61.4 Å². The lowest BCUT2D eigenvalue weighted by Crippen LogP contribution is -2.51. The number of carbonyl (C=O) groups excluding carboxylic acids is 3. The van der Waals surface area contributed by atoms with E-state index in [0.29, 0.717) is 61.7 Å². The van der Waals surface area contributed by atoms with Gasteiger partial charge in [-0.2, -0.15) is 5.10 Å². The van der Waals surface area contributed by atoms with E-state index in [4.69, 9.17) is 0 Å². The number of amides is 2. The van der Waals surface area contributed by atoms with E-state index in [0.717, 1.165) is 18.8 Å². The minimum absolute atomic E-state index is 0.0493. The molecule has 2 aliphatic rings.